The predicted molar refractivity (Wildman–Crippen MR) is 70.3 cm³/mol. The summed E-state index contributed by atoms with van der Waals surface area (Å²) < 4.78 is 7.30. The second-order valence-electron chi connectivity index (χ2n) is 3.86. The summed E-state index contributed by atoms with van der Waals surface area (Å²) in [6, 6.07) is 4.28. The van der Waals surface area contributed by atoms with Crippen molar-refractivity contribution in [1.82, 2.24) is 9.78 Å². The molecule has 100 valence electrons. The molecule has 0 saturated heterocycles. The monoisotopic (exact) mass is 281 g/mol. The summed E-state index contributed by atoms with van der Waals surface area (Å²) >= 11 is 5.79. The quantitative estimate of drug-likeness (QED) is 0.624. The number of hydrogen-bond donors (Lipinski definition) is 0. The van der Waals surface area contributed by atoms with Crippen LogP contribution in [-0.2, 0) is 13.2 Å². The number of nitro groups is 1. The van der Waals surface area contributed by atoms with Gasteiger partial charge >= 0.3 is 0 Å². The molecule has 0 aliphatic heterocycles. The minimum Gasteiger partial charge on any atom is -0.489 e. The van der Waals surface area contributed by atoms with E-state index in [0.29, 0.717) is 12.4 Å². The molecule has 0 aliphatic rings. The Kier molecular flexibility index (Phi) is 4.01. The van der Waals surface area contributed by atoms with Crippen molar-refractivity contribution in [2.75, 3.05) is 0 Å². The molecule has 1 aromatic heterocycles. The van der Waals surface area contributed by atoms with Crippen molar-refractivity contribution in [3.63, 3.8) is 0 Å². The van der Waals surface area contributed by atoms with Crippen molar-refractivity contribution in [3.8, 4) is 5.75 Å². The van der Waals surface area contributed by atoms with Gasteiger partial charge in [-0.1, -0.05) is 11.6 Å². The second-order valence-corrected chi connectivity index (χ2v) is 4.27. The number of hydrogen-bond acceptors (Lipinski definition) is 4. The molecule has 1 heterocycles. The van der Waals surface area contributed by atoms with E-state index < -0.39 is 4.92 Å². The number of nitro benzene ring substituents is 1. The third-order valence-electron chi connectivity index (χ3n) is 2.53. The maximum atomic E-state index is 10.6. The third-order valence-corrected chi connectivity index (χ3v) is 2.83. The lowest BCUT2D eigenvalue weighted by Crippen LogP contribution is -1.96. The zero-order valence-electron chi connectivity index (χ0n) is 10.2. The highest BCUT2D eigenvalue weighted by atomic mass is 35.5. The van der Waals surface area contributed by atoms with Gasteiger partial charge in [-0.05, 0) is 13.0 Å². The first kappa shape index (κ1) is 13.4. The molecular weight excluding hydrogens is 270 g/mol. The maximum Gasteiger partial charge on any atom is 0.288 e. The van der Waals surface area contributed by atoms with E-state index in [1.807, 2.05) is 13.1 Å². The summed E-state index contributed by atoms with van der Waals surface area (Å²) in [4.78, 5) is 10.1. The standard InChI is InChI=1S/C12H12ClN3O3/c1-2-15-7-9(6-14-15)8-19-10-3-4-12(16(17)18)11(13)5-10/h3-7H,2,8H2,1H3. The number of benzene rings is 1. The van der Waals surface area contributed by atoms with Gasteiger partial charge in [0.1, 0.15) is 17.4 Å². The smallest absolute Gasteiger partial charge is 0.288 e. The number of aromatic nitrogens is 2. The van der Waals surface area contributed by atoms with Crippen LogP contribution in [0.25, 0.3) is 0 Å². The van der Waals surface area contributed by atoms with Gasteiger partial charge in [-0.3, -0.25) is 14.8 Å². The van der Waals surface area contributed by atoms with Crippen LogP contribution in [0.1, 0.15) is 12.5 Å². The Morgan fingerprint density at radius 1 is 1.53 bits per heavy atom. The molecule has 0 unspecified atom stereocenters. The molecule has 0 amide bonds. The molecule has 2 rings (SSSR count). The zero-order valence-corrected chi connectivity index (χ0v) is 11.0. The first-order valence-corrected chi connectivity index (χ1v) is 6.06. The van der Waals surface area contributed by atoms with Crippen LogP contribution in [0.5, 0.6) is 5.75 Å². The molecule has 0 radical (unpaired) electrons. The molecular formula is C12H12ClN3O3. The number of halogens is 1. The summed E-state index contributed by atoms with van der Waals surface area (Å²) in [6.07, 6.45) is 3.60. The molecule has 0 fully saturated rings. The van der Waals surface area contributed by atoms with E-state index in [1.54, 1.807) is 10.9 Å². The summed E-state index contributed by atoms with van der Waals surface area (Å²) in [5.41, 5.74) is 0.796. The van der Waals surface area contributed by atoms with Crippen LogP contribution < -0.4 is 4.74 Å². The highest BCUT2D eigenvalue weighted by molar-refractivity contribution is 6.32. The van der Waals surface area contributed by atoms with Crippen molar-refractivity contribution < 1.29 is 9.66 Å². The number of ether oxygens (including phenoxy) is 1. The van der Waals surface area contributed by atoms with E-state index in [2.05, 4.69) is 5.10 Å². The van der Waals surface area contributed by atoms with E-state index in [0.717, 1.165) is 12.1 Å². The Bertz CT molecular complexity index is 598. The van der Waals surface area contributed by atoms with Crippen LogP contribution >= 0.6 is 11.6 Å². The minimum atomic E-state index is -0.530. The van der Waals surface area contributed by atoms with Gasteiger partial charge in [0, 0.05) is 30.4 Å². The van der Waals surface area contributed by atoms with Crippen LogP contribution in [0.2, 0.25) is 5.02 Å². The summed E-state index contributed by atoms with van der Waals surface area (Å²) in [5.74, 6) is 0.486. The van der Waals surface area contributed by atoms with Gasteiger partial charge in [-0.15, -0.1) is 0 Å². The lowest BCUT2D eigenvalue weighted by molar-refractivity contribution is -0.384. The van der Waals surface area contributed by atoms with Crippen molar-refractivity contribution in [1.29, 1.82) is 0 Å². The second kappa shape index (κ2) is 5.71. The van der Waals surface area contributed by atoms with Gasteiger partial charge in [-0.25, -0.2) is 0 Å². The van der Waals surface area contributed by atoms with Crippen LogP contribution in [0.3, 0.4) is 0 Å². The van der Waals surface area contributed by atoms with Gasteiger partial charge in [0.15, 0.2) is 0 Å². The van der Waals surface area contributed by atoms with Crippen LogP contribution in [0, 0.1) is 10.1 Å². The van der Waals surface area contributed by atoms with Crippen LogP contribution in [-0.4, -0.2) is 14.7 Å². The Labute approximate surface area is 114 Å². The van der Waals surface area contributed by atoms with Crippen molar-refractivity contribution >= 4 is 17.3 Å². The van der Waals surface area contributed by atoms with Crippen LogP contribution in [0.15, 0.2) is 30.6 Å². The molecule has 0 atom stereocenters. The Hall–Kier alpha value is -2.08. The molecule has 0 spiro atoms. The summed E-state index contributed by atoms with van der Waals surface area (Å²) in [7, 11) is 0. The van der Waals surface area contributed by atoms with E-state index >= 15 is 0 Å². The highest BCUT2D eigenvalue weighted by Crippen LogP contribution is 2.28. The Balaban J connectivity index is 2.03. The SMILES string of the molecule is CCn1cc(COc2ccc([N+](=O)[O-])c(Cl)c2)cn1. The molecule has 0 bridgehead atoms. The Morgan fingerprint density at radius 2 is 2.32 bits per heavy atom. The molecule has 6 nitrogen and oxygen atoms in total. The number of rotatable bonds is 5. The zero-order chi connectivity index (χ0) is 13.8. The van der Waals surface area contributed by atoms with Crippen molar-refractivity contribution in [2.24, 2.45) is 0 Å². The predicted octanol–water partition coefficient (Wildman–Crippen LogP) is 3.04. The molecule has 0 N–H and O–H groups in total. The molecule has 0 aliphatic carbocycles. The van der Waals surface area contributed by atoms with E-state index in [4.69, 9.17) is 16.3 Å². The van der Waals surface area contributed by atoms with Crippen LogP contribution in [0.4, 0.5) is 5.69 Å². The minimum absolute atomic E-state index is 0.0618. The molecule has 19 heavy (non-hydrogen) atoms. The molecule has 1 aromatic carbocycles. The van der Waals surface area contributed by atoms with Gasteiger partial charge in [0.2, 0.25) is 0 Å². The average Bonchev–Trinajstić information content (AvgIpc) is 2.84. The topological polar surface area (TPSA) is 70.2 Å². The van der Waals surface area contributed by atoms with E-state index in [1.165, 1.54) is 18.2 Å². The average molecular weight is 282 g/mol. The number of nitrogens with zero attached hydrogens (tertiary/aromatic N) is 3. The molecule has 0 saturated carbocycles. The normalized spacial score (nSPS) is 10.4. The lowest BCUT2D eigenvalue weighted by atomic mass is 10.3. The first-order chi connectivity index (χ1) is 9.10. The fourth-order valence-electron chi connectivity index (χ4n) is 1.55. The van der Waals surface area contributed by atoms with E-state index in [9.17, 15) is 10.1 Å². The van der Waals surface area contributed by atoms with Gasteiger partial charge < -0.3 is 4.74 Å². The maximum absolute atomic E-state index is 10.6. The fraction of sp³-hybridized carbons (Fsp3) is 0.250. The van der Waals surface area contributed by atoms with Crippen molar-refractivity contribution in [2.45, 2.75) is 20.1 Å². The lowest BCUT2D eigenvalue weighted by Gasteiger charge is -2.04. The van der Waals surface area contributed by atoms with Gasteiger partial charge in [0.25, 0.3) is 5.69 Å². The molecule has 2 aromatic rings. The Morgan fingerprint density at radius 3 is 2.89 bits per heavy atom. The van der Waals surface area contributed by atoms with Gasteiger partial charge in [-0.2, -0.15) is 5.10 Å². The molecule has 7 heteroatoms. The number of aryl methyl sites for hydroxylation is 1. The highest BCUT2D eigenvalue weighted by Gasteiger charge is 2.12. The van der Waals surface area contributed by atoms with E-state index in [-0.39, 0.29) is 10.7 Å². The third kappa shape index (κ3) is 3.23. The largest absolute Gasteiger partial charge is 0.489 e. The van der Waals surface area contributed by atoms with Gasteiger partial charge in [0.05, 0.1) is 11.1 Å². The summed E-state index contributed by atoms with van der Waals surface area (Å²) in [6.45, 7) is 3.13. The fourth-order valence-corrected chi connectivity index (χ4v) is 1.79. The first-order valence-electron chi connectivity index (χ1n) is 5.68. The van der Waals surface area contributed by atoms with Crippen molar-refractivity contribution in [3.05, 3.63) is 51.3 Å². The summed E-state index contributed by atoms with van der Waals surface area (Å²) in [5, 5.41) is 14.8.